The van der Waals surface area contributed by atoms with Crippen LogP contribution in [0.5, 0.6) is 0 Å². The third-order valence-electron chi connectivity index (χ3n) is 2.76. The van der Waals surface area contributed by atoms with E-state index >= 15 is 0 Å². The van der Waals surface area contributed by atoms with Crippen molar-refractivity contribution in [3.05, 3.63) is 41.1 Å². The Morgan fingerprint density at radius 1 is 1.21 bits per heavy atom. The summed E-state index contributed by atoms with van der Waals surface area (Å²) in [6.07, 6.45) is 0. The molecule has 0 radical (unpaired) electrons. The first kappa shape index (κ1) is 17.3. The van der Waals surface area contributed by atoms with Gasteiger partial charge in [0.05, 0.1) is 11.5 Å². The highest BCUT2D eigenvalue weighted by atomic mass is 35.5. The number of rotatable bonds is 7. The Kier molecular flexibility index (Phi) is 5.77. The number of carbonyl (C=O) groups is 1. The number of nitrogens with two attached hydrogens (primary N) is 1. The maximum absolute atomic E-state index is 10.8. The lowest BCUT2D eigenvalue weighted by Crippen LogP contribution is -2.12. The van der Waals surface area contributed by atoms with E-state index in [9.17, 15) is 4.79 Å². The molecule has 3 aromatic rings. The SMILES string of the molecule is NC(=O)CSc1nnc(SCc2cc(-c3ccc(Cl)cc3)no2)s1. The molecule has 1 amide bonds. The Labute approximate surface area is 155 Å². The highest BCUT2D eigenvalue weighted by Gasteiger charge is 2.10. The van der Waals surface area contributed by atoms with Gasteiger partial charge in [0, 0.05) is 16.7 Å². The van der Waals surface area contributed by atoms with Crippen LogP contribution in [-0.4, -0.2) is 27.0 Å². The van der Waals surface area contributed by atoms with Gasteiger partial charge in [0.2, 0.25) is 5.91 Å². The van der Waals surface area contributed by atoms with E-state index in [1.807, 2.05) is 30.3 Å². The quantitative estimate of drug-likeness (QED) is 0.606. The zero-order valence-corrected chi connectivity index (χ0v) is 15.3. The number of benzene rings is 1. The van der Waals surface area contributed by atoms with Crippen LogP contribution in [0.3, 0.4) is 0 Å². The van der Waals surface area contributed by atoms with Gasteiger partial charge >= 0.3 is 0 Å². The smallest absolute Gasteiger partial charge is 0.227 e. The third kappa shape index (κ3) is 4.73. The van der Waals surface area contributed by atoms with Crippen LogP contribution in [0, 0.1) is 0 Å². The van der Waals surface area contributed by atoms with E-state index in [4.69, 9.17) is 21.9 Å². The molecule has 0 bridgehead atoms. The van der Waals surface area contributed by atoms with Crippen LogP contribution in [0.2, 0.25) is 5.02 Å². The third-order valence-corrected chi connectivity index (χ3v) is 6.25. The summed E-state index contributed by atoms with van der Waals surface area (Å²) in [6, 6.07) is 9.30. The number of aromatic nitrogens is 3. The summed E-state index contributed by atoms with van der Waals surface area (Å²) in [7, 11) is 0. The van der Waals surface area contributed by atoms with Crippen molar-refractivity contribution in [3.8, 4) is 11.3 Å². The lowest BCUT2D eigenvalue weighted by atomic mass is 10.1. The van der Waals surface area contributed by atoms with E-state index in [1.54, 1.807) is 0 Å². The second-order valence-corrected chi connectivity index (χ2v) is 8.42. The van der Waals surface area contributed by atoms with Crippen LogP contribution in [0.15, 0.2) is 43.5 Å². The van der Waals surface area contributed by atoms with E-state index in [-0.39, 0.29) is 11.7 Å². The van der Waals surface area contributed by atoms with Crippen molar-refractivity contribution in [2.24, 2.45) is 5.73 Å². The predicted octanol–water partition coefficient (Wildman–Crippen LogP) is 3.72. The molecule has 0 aliphatic heterocycles. The first-order chi connectivity index (χ1) is 11.6. The van der Waals surface area contributed by atoms with Gasteiger partial charge in [-0.1, -0.05) is 63.8 Å². The van der Waals surface area contributed by atoms with Crippen LogP contribution < -0.4 is 5.73 Å². The van der Waals surface area contributed by atoms with Gasteiger partial charge in [0.25, 0.3) is 0 Å². The number of primary amides is 1. The summed E-state index contributed by atoms with van der Waals surface area (Å²) in [6.45, 7) is 0. The monoisotopic (exact) mass is 398 g/mol. The molecule has 0 spiro atoms. The average Bonchev–Trinajstić information content (AvgIpc) is 3.21. The number of amides is 1. The molecule has 1 aromatic carbocycles. The summed E-state index contributed by atoms with van der Waals surface area (Å²) >= 11 is 10.1. The number of halogens is 1. The fourth-order valence-corrected chi connectivity index (χ4v) is 4.48. The standard InChI is InChI=1S/C14H11ClN4O2S3/c15-9-3-1-8(2-4-9)11-5-10(21-19-11)6-22-13-17-18-14(24-13)23-7-12(16)20/h1-5H,6-7H2,(H2,16,20). The second-order valence-electron chi connectivity index (χ2n) is 4.56. The molecule has 0 saturated carbocycles. The number of hydrogen-bond acceptors (Lipinski definition) is 8. The molecular weight excluding hydrogens is 388 g/mol. The van der Waals surface area contributed by atoms with E-state index in [0.29, 0.717) is 10.8 Å². The van der Waals surface area contributed by atoms with Crippen molar-refractivity contribution in [3.63, 3.8) is 0 Å². The molecular formula is C14H11ClN4O2S3. The molecule has 10 heteroatoms. The minimum atomic E-state index is -0.374. The summed E-state index contributed by atoms with van der Waals surface area (Å²) in [4.78, 5) is 10.8. The maximum Gasteiger partial charge on any atom is 0.227 e. The van der Waals surface area contributed by atoms with Gasteiger partial charge in [-0.15, -0.1) is 10.2 Å². The van der Waals surface area contributed by atoms with Crippen LogP contribution in [0.25, 0.3) is 11.3 Å². The zero-order valence-electron chi connectivity index (χ0n) is 12.1. The Bertz CT molecular complexity index is 835. The van der Waals surface area contributed by atoms with Gasteiger partial charge in [0.15, 0.2) is 8.68 Å². The first-order valence-corrected chi connectivity index (χ1v) is 9.85. The molecule has 0 saturated heterocycles. The second kappa shape index (κ2) is 8.02. The Hall–Kier alpha value is -1.55. The fourth-order valence-electron chi connectivity index (χ4n) is 1.72. The minimum Gasteiger partial charge on any atom is -0.369 e. The van der Waals surface area contributed by atoms with Crippen molar-refractivity contribution < 1.29 is 9.32 Å². The molecule has 24 heavy (non-hydrogen) atoms. The lowest BCUT2D eigenvalue weighted by molar-refractivity contribution is -0.115. The van der Waals surface area contributed by atoms with Crippen LogP contribution in [0.4, 0.5) is 0 Å². The van der Waals surface area contributed by atoms with E-state index < -0.39 is 0 Å². The van der Waals surface area contributed by atoms with Gasteiger partial charge in [-0.2, -0.15) is 0 Å². The Morgan fingerprint density at radius 2 is 1.92 bits per heavy atom. The van der Waals surface area contributed by atoms with E-state index in [2.05, 4.69) is 15.4 Å². The summed E-state index contributed by atoms with van der Waals surface area (Å²) in [5, 5.41) is 12.8. The molecule has 0 fully saturated rings. The van der Waals surface area contributed by atoms with Crippen molar-refractivity contribution >= 4 is 52.4 Å². The molecule has 3 rings (SSSR count). The molecule has 0 unspecified atom stereocenters. The topological polar surface area (TPSA) is 94.9 Å². The van der Waals surface area contributed by atoms with Gasteiger partial charge in [-0.3, -0.25) is 4.79 Å². The Balaban J connectivity index is 1.57. The van der Waals surface area contributed by atoms with Gasteiger partial charge in [-0.25, -0.2) is 0 Å². The van der Waals surface area contributed by atoms with Crippen molar-refractivity contribution in [1.29, 1.82) is 0 Å². The van der Waals surface area contributed by atoms with E-state index in [0.717, 1.165) is 25.7 Å². The molecule has 2 N–H and O–H groups in total. The fraction of sp³-hybridized carbons (Fsp3) is 0.143. The van der Waals surface area contributed by atoms with Gasteiger partial charge < -0.3 is 10.3 Å². The summed E-state index contributed by atoms with van der Waals surface area (Å²) in [5.41, 5.74) is 6.81. The predicted molar refractivity (Wildman–Crippen MR) is 96.3 cm³/mol. The number of hydrogen-bond donors (Lipinski definition) is 1. The van der Waals surface area contributed by atoms with Crippen LogP contribution in [-0.2, 0) is 10.5 Å². The normalized spacial score (nSPS) is 10.9. The molecule has 0 aliphatic carbocycles. The van der Waals surface area contributed by atoms with Crippen molar-refractivity contribution in [2.75, 3.05) is 5.75 Å². The minimum absolute atomic E-state index is 0.200. The first-order valence-electron chi connectivity index (χ1n) is 6.69. The highest BCUT2D eigenvalue weighted by molar-refractivity contribution is 8.03. The molecule has 2 heterocycles. The number of nitrogens with zero attached hydrogens (tertiary/aromatic N) is 3. The number of carbonyl (C=O) groups excluding carboxylic acids is 1. The largest absolute Gasteiger partial charge is 0.369 e. The highest BCUT2D eigenvalue weighted by Crippen LogP contribution is 2.31. The van der Waals surface area contributed by atoms with Crippen molar-refractivity contribution in [1.82, 2.24) is 15.4 Å². The molecule has 0 aliphatic rings. The van der Waals surface area contributed by atoms with Crippen LogP contribution in [0.1, 0.15) is 5.76 Å². The molecule has 124 valence electrons. The number of thioether (sulfide) groups is 2. The van der Waals surface area contributed by atoms with Gasteiger partial charge in [0.1, 0.15) is 11.5 Å². The zero-order chi connectivity index (χ0) is 16.9. The van der Waals surface area contributed by atoms with E-state index in [1.165, 1.54) is 34.9 Å². The maximum atomic E-state index is 10.8. The molecule has 0 atom stereocenters. The summed E-state index contributed by atoms with van der Waals surface area (Å²) in [5.74, 6) is 1.16. The summed E-state index contributed by atoms with van der Waals surface area (Å²) < 4.78 is 6.86. The lowest BCUT2D eigenvalue weighted by Gasteiger charge is -1.94. The van der Waals surface area contributed by atoms with Crippen molar-refractivity contribution in [2.45, 2.75) is 14.4 Å². The average molecular weight is 399 g/mol. The molecule has 6 nitrogen and oxygen atoms in total. The molecule has 2 aromatic heterocycles. The van der Waals surface area contributed by atoms with Gasteiger partial charge in [-0.05, 0) is 12.1 Å². The van der Waals surface area contributed by atoms with Crippen LogP contribution >= 0.6 is 46.5 Å². The Morgan fingerprint density at radius 3 is 2.62 bits per heavy atom.